The normalized spacial score (nSPS) is 18.2. The van der Waals surface area contributed by atoms with Crippen LogP contribution in [0.1, 0.15) is 20.8 Å². The van der Waals surface area contributed by atoms with Gasteiger partial charge >= 0.3 is 0 Å². The number of carbonyl (C=O) groups is 1. The maximum atomic E-state index is 8.58. The van der Waals surface area contributed by atoms with Crippen molar-refractivity contribution in [2.45, 2.75) is 20.8 Å². The van der Waals surface area contributed by atoms with Gasteiger partial charge in [0.25, 0.3) is 0 Å². The van der Waals surface area contributed by atoms with Gasteiger partial charge in [-0.05, 0) is 5.41 Å². The number of piperazine rings is 1. The van der Waals surface area contributed by atoms with Crippen molar-refractivity contribution in [1.82, 2.24) is 10.2 Å². The molecule has 0 atom stereocenters. The summed E-state index contributed by atoms with van der Waals surface area (Å²) in [4.78, 5) is 11.1. The van der Waals surface area contributed by atoms with Gasteiger partial charge < -0.3 is 16.0 Å². The molecule has 84 valence electrons. The van der Waals surface area contributed by atoms with E-state index in [9.17, 15) is 0 Å². The minimum atomic E-state index is 0.250. The Balaban J connectivity index is 0.000000500. The fourth-order valence-corrected chi connectivity index (χ4v) is 1.54. The zero-order valence-electron chi connectivity index (χ0n) is 9.55. The van der Waals surface area contributed by atoms with E-state index in [1.165, 1.54) is 19.6 Å². The van der Waals surface area contributed by atoms with Crippen molar-refractivity contribution >= 4 is 6.41 Å². The van der Waals surface area contributed by atoms with E-state index in [2.05, 4.69) is 36.7 Å². The van der Waals surface area contributed by atoms with Crippen molar-refractivity contribution in [2.24, 2.45) is 11.1 Å². The van der Waals surface area contributed by atoms with Crippen molar-refractivity contribution in [3.05, 3.63) is 0 Å². The average Bonchev–Trinajstić information content (AvgIpc) is 2.04. The van der Waals surface area contributed by atoms with E-state index in [1.54, 1.807) is 0 Å². The number of rotatable bonds is 1. The van der Waals surface area contributed by atoms with E-state index >= 15 is 0 Å². The Bertz CT molecular complexity index is 148. The first kappa shape index (κ1) is 13.4. The third-order valence-corrected chi connectivity index (χ3v) is 1.91. The summed E-state index contributed by atoms with van der Waals surface area (Å²) in [6.07, 6.45) is 0.250. The second kappa shape index (κ2) is 6.79. The van der Waals surface area contributed by atoms with E-state index < -0.39 is 0 Å². The predicted octanol–water partition coefficient (Wildman–Crippen LogP) is 0.0392. The van der Waals surface area contributed by atoms with Gasteiger partial charge in [-0.25, -0.2) is 0 Å². The highest BCUT2D eigenvalue weighted by atomic mass is 16.1. The van der Waals surface area contributed by atoms with Gasteiger partial charge in [-0.15, -0.1) is 0 Å². The van der Waals surface area contributed by atoms with Gasteiger partial charge in [-0.1, -0.05) is 20.8 Å². The molecule has 1 aliphatic rings. The molecule has 0 bridgehead atoms. The average molecular weight is 201 g/mol. The van der Waals surface area contributed by atoms with E-state index in [0.29, 0.717) is 5.41 Å². The standard InChI is InChI=1S/C9H20N2.CH3NO/c1-9(2,3)8-11-6-4-10-5-7-11;2-1-3/h10H,4-8H2,1-3H3;1H,(H2,2,3). The van der Waals surface area contributed by atoms with Gasteiger partial charge in [0.1, 0.15) is 0 Å². The first-order valence-electron chi connectivity index (χ1n) is 5.08. The molecule has 3 N–H and O–H groups in total. The number of nitrogens with zero attached hydrogens (tertiary/aromatic N) is 1. The molecule has 4 heteroatoms. The molecular weight excluding hydrogens is 178 g/mol. The number of nitrogens with one attached hydrogen (secondary N) is 1. The lowest BCUT2D eigenvalue weighted by atomic mass is 9.96. The molecule has 1 heterocycles. The lowest BCUT2D eigenvalue weighted by Crippen LogP contribution is -2.46. The highest BCUT2D eigenvalue weighted by molar-refractivity contribution is 5.42. The summed E-state index contributed by atoms with van der Waals surface area (Å²) >= 11 is 0. The Morgan fingerprint density at radius 1 is 1.36 bits per heavy atom. The zero-order chi connectivity index (χ0) is 11.0. The lowest BCUT2D eigenvalue weighted by Gasteiger charge is -2.32. The predicted molar refractivity (Wildman–Crippen MR) is 59.0 cm³/mol. The highest BCUT2D eigenvalue weighted by Crippen LogP contribution is 2.14. The van der Waals surface area contributed by atoms with Gasteiger partial charge in [-0.2, -0.15) is 0 Å². The molecule has 0 aromatic heterocycles. The van der Waals surface area contributed by atoms with Gasteiger partial charge in [0.05, 0.1) is 0 Å². The number of primary amides is 1. The Labute approximate surface area is 86.8 Å². The largest absolute Gasteiger partial charge is 0.372 e. The smallest absolute Gasteiger partial charge is 0.204 e. The third kappa shape index (κ3) is 8.01. The zero-order valence-corrected chi connectivity index (χ0v) is 9.55. The van der Waals surface area contributed by atoms with Gasteiger partial charge in [0.2, 0.25) is 6.41 Å². The Kier molecular flexibility index (Phi) is 6.49. The number of nitrogens with two attached hydrogens (primary N) is 1. The van der Waals surface area contributed by atoms with Crippen LogP contribution in [-0.4, -0.2) is 44.0 Å². The van der Waals surface area contributed by atoms with Crippen LogP contribution in [0.15, 0.2) is 0 Å². The van der Waals surface area contributed by atoms with E-state index in [1.807, 2.05) is 0 Å². The lowest BCUT2D eigenvalue weighted by molar-refractivity contribution is -0.106. The first-order chi connectivity index (χ1) is 6.49. The van der Waals surface area contributed by atoms with Crippen LogP contribution >= 0.6 is 0 Å². The van der Waals surface area contributed by atoms with E-state index in [4.69, 9.17) is 4.79 Å². The number of amides is 1. The van der Waals surface area contributed by atoms with Crippen LogP contribution in [0.2, 0.25) is 0 Å². The molecular formula is C10H23N3O. The molecule has 0 unspecified atom stereocenters. The van der Waals surface area contributed by atoms with Crippen LogP contribution in [0.5, 0.6) is 0 Å². The Morgan fingerprint density at radius 2 is 1.79 bits per heavy atom. The van der Waals surface area contributed by atoms with Crippen LogP contribution in [0.4, 0.5) is 0 Å². The van der Waals surface area contributed by atoms with E-state index in [0.717, 1.165) is 13.1 Å². The maximum Gasteiger partial charge on any atom is 0.204 e. The van der Waals surface area contributed by atoms with Crippen molar-refractivity contribution in [2.75, 3.05) is 32.7 Å². The van der Waals surface area contributed by atoms with Gasteiger partial charge in [-0.3, -0.25) is 4.79 Å². The molecule has 0 radical (unpaired) electrons. The minimum absolute atomic E-state index is 0.250. The maximum absolute atomic E-state index is 8.58. The van der Waals surface area contributed by atoms with Crippen molar-refractivity contribution in [3.8, 4) is 0 Å². The fraction of sp³-hybridized carbons (Fsp3) is 0.900. The van der Waals surface area contributed by atoms with Crippen molar-refractivity contribution in [3.63, 3.8) is 0 Å². The second-order valence-corrected chi connectivity index (χ2v) is 4.72. The first-order valence-corrected chi connectivity index (χ1v) is 5.08. The molecule has 1 rings (SSSR count). The van der Waals surface area contributed by atoms with Crippen molar-refractivity contribution < 1.29 is 4.79 Å². The summed E-state index contributed by atoms with van der Waals surface area (Å²) in [6.45, 7) is 12.9. The molecule has 1 amide bonds. The summed E-state index contributed by atoms with van der Waals surface area (Å²) in [5.74, 6) is 0. The molecule has 0 spiro atoms. The summed E-state index contributed by atoms with van der Waals surface area (Å²) in [5, 5.41) is 3.36. The number of hydrogen-bond acceptors (Lipinski definition) is 3. The van der Waals surface area contributed by atoms with Crippen LogP contribution in [0.3, 0.4) is 0 Å². The molecule has 1 aliphatic heterocycles. The highest BCUT2D eigenvalue weighted by Gasteiger charge is 2.17. The van der Waals surface area contributed by atoms with Crippen LogP contribution in [-0.2, 0) is 4.79 Å². The molecule has 0 aliphatic carbocycles. The summed E-state index contributed by atoms with van der Waals surface area (Å²) < 4.78 is 0. The quantitative estimate of drug-likeness (QED) is 0.589. The monoisotopic (exact) mass is 201 g/mol. The van der Waals surface area contributed by atoms with Crippen LogP contribution in [0, 0.1) is 5.41 Å². The van der Waals surface area contributed by atoms with Crippen LogP contribution in [0.25, 0.3) is 0 Å². The van der Waals surface area contributed by atoms with Gasteiger partial charge in [0, 0.05) is 32.7 Å². The van der Waals surface area contributed by atoms with Crippen molar-refractivity contribution in [1.29, 1.82) is 0 Å². The minimum Gasteiger partial charge on any atom is -0.372 e. The fourth-order valence-electron chi connectivity index (χ4n) is 1.54. The topological polar surface area (TPSA) is 58.4 Å². The van der Waals surface area contributed by atoms with Gasteiger partial charge in [0.15, 0.2) is 0 Å². The Morgan fingerprint density at radius 3 is 2.14 bits per heavy atom. The molecule has 0 aromatic carbocycles. The second-order valence-electron chi connectivity index (χ2n) is 4.72. The molecule has 1 fully saturated rings. The third-order valence-electron chi connectivity index (χ3n) is 1.91. The summed E-state index contributed by atoms with van der Waals surface area (Å²) in [6, 6.07) is 0. The van der Waals surface area contributed by atoms with E-state index in [-0.39, 0.29) is 6.41 Å². The summed E-state index contributed by atoms with van der Waals surface area (Å²) in [7, 11) is 0. The SMILES string of the molecule is CC(C)(C)CN1CCNCC1.NC=O. The molecule has 4 nitrogen and oxygen atoms in total. The number of carbonyl (C=O) groups excluding carboxylic acids is 1. The molecule has 14 heavy (non-hydrogen) atoms. The van der Waals surface area contributed by atoms with Crippen LogP contribution < -0.4 is 11.1 Å². The Hall–Kier alpha value is -0.610. The molecule has 1 saturated heterocycles. The molecule has 0 aromatic rings. The number of hydrogen-bond donors (Lipinski definition) is 2. The summed E-state index contributed by atoms with van der Waals surface area (Å²) in [5.41, 5.74) is 4.62. The molecule has 0 saturated carbocycles.